The molecule has 1 aliphatic rings. The van der Waals surface area contributed by atoms with E-state index >= 15 is 0 Å². The van der Waals surface area contributed by atoms with Crippen LogP contribution in [0.4, 0.5) is 0 Å². The van der Waals surface area contributed by atoms with Crippen LogP contribution < -0.4 is 4.74 Å². The van der Waals surface area contributed by atoms with Crippen molar-refractivity contribution in [2.24, 2.45) is 0 Å². The van der Waals surface area contributed by atoms with Gasteiger partial charge in [0, 0.05) is 7.26 Å². The lowest BCUT2D eigenvalue weighted by Gasteiger charge is -2.27. The Morgan fingerprint density at radius 3 is 2.08 bits per heavy atom. The molecule has 0 radical (unpaired) electrons. The van der Waals surface area contributed by atoms with Crippen LogP contribution >= 0.6 is 7.26 Å². The molecule has 134 valence electrons. The summed E-state index contributed by atoms with van der Waals surface area (Å²) < 4.78 is 6.30. The predicted molar refractivity (Wildman–Crippen MR) is 112 cm³/mol. The minimum absolute atomic E-state index is 0.881. The van der Waals surface area contributed by atoms with Crippen molar-refractivity contribution in [3.63, 3.8) is 0 Å². The molecule has 0 saturated carbocycles. The number of para-hydroxylation sites is 1. The number of rotatable bonds is 6. The van der Waals surface area contributed by atoms with E-state index in [1.54, 1.807) is 0 Å². The van der Waals surface area contributed by atoms with E-state index in [0.717, 1.165) is 12.4 Å². The lowest BCUT2D eigenvalue weighted by molar-refractivity contribution is 0.337. The molecule has 2 aromatic carbocycles. The fourth-order valence-electron chi connectivity index (χ4n) is 4.16. The first-order valence-electron chi connectivity index (χ1n) is 9.77. The molecule has 1 aliphatic heterocycles. The third kappa shape index (κ3) is 5.08. The minimum Gasteiger partial charge on any atom is -0.489 e. The quantitative estimate of drug-likeness (QED) is 0.539. The second-order valence-corrected chi connectivity index (χ2v) is 12.0. The van der Waals surface area contributed by atoms with E-state index in [2.05, 4.69) is 62.4 Å². The van der Waals surface area contributed by atoms with Crippen LogP contribution in [0.3, 0.4) is 0 Å². The van der Waals surface area contributed by atoms with Crippen molar-refractivity contribution in [2.45, 2.75) is 45.7 Å². The zero-order valence-electron chi connectivity index (χ0n) is 15.8. The van der Waals surface area contributed by atoms with Crippen LogP contribution in [0.1, 0.15) is 42.4 Å². The molecule has 0 unspecified atom stereocenters. The van der Waals surface area contributed by atoms with Crippen molar-refractivity contribution >= 4 is 7.26 Å². The van der Waals surface area contributed by atoms with Gasteiger partial charge < -0.3 is 4.74 Å². The highest BCUT2D eigenvalue weighted by Gasteiger charge is 2.37. The maximum absolute atomic E-state index is 6.30. The van der Waals surface area contributed by atoms with Crippen LogP contribution in [0.2, 0.25) is 0 Å². The first kappa shape index (κ1) is 18.5. The van der Waals surface area contributed by atoms with E-state index in [4.69, 9.17) is 4.74 Å². The summed E-state index contributed by atoms with van der Waals surface area (Å²) in [7, 11) is -0.948. The van der Waals surface area contributed by atoms with E-state index in [1.165, 1.54) is 67.0 Å². The second kappa shape index (κ2) is 8.86. The van der Waals surface area contributed by atoms with Crippen LogP contribution in [0.5, 0.6) is 5.75 Å². The Kier molecular flexibility index (Phi) is 6.54. The molecule has 0 N–H and O–H groups in total. The van der Waals surface area contributed by atoms with Crippen LogP contribution in [-0.2, 0) is 6.16 Å². The minimum atomic E-state index is -0.948. The average Bonchev–Trinajstić information content (AvgIpc) is 2.84. The standard InChI is InChI=1S/C23H32OP/c1-20-11-10-12-21(2)23(20)24-15-18-25(16-8-3-4-9-17-25)19-22-13-6-5-7-14-22/h5-7,10-14H,3-4,8-9,15-19H2,1-2H3/q+1. The third-order valence-electron chi connectivity index (χ3n) is 5.60. The number of aryl methyl sites for hydroxylation is 2. The highest BCUT2D eigenvalue weighted by Crippen LogP contribution is 2.63. The maximum atomic E-state index is 6.30. The van der Waals surface area contributed by atoms with Crippen molar-refractivity contribution in [3.8, 4) is 5.75 Å². The van der Waals surface area contributed by atoms with Crippen molar-refractivity contribution in [1.29, 1.82) is 0 Å². The van der Waals surface area contributed by atoms with Crippen molar-refractivity contribution in [3.05, 3.63) is 65.2 Å². The predicted octanol–water partition coefficient (Wildman–Crippen LogP) is 6.47. The molecule has 2 heteroatoms. The summed E-state index contributed by atoms with van der Waals surface area (Å²) in [5.74, 6) is 1.11. The summed E-state index contributed by atoms with van der Waals surface area (Å²) in [5, 5.41) is 0. The summed E-state index contributed by atoms with van der Waals surface area (Å²) in [4.78, 5) is 0. The number of hydrogen-bond donors (Lipinski definition) is 0. The number of hydrogen-bond acceptors (Lipinski definition) is 1. The molecular formula is C23H32OP+. The Balaban J connectivity index is 1.69. The summed E-state index contributed by atoms with van der Waals surface area (Å²) >= 11 is 0. The number of ether oxygens (including phenoxy) is 1. The molecular weight excluding hydrogens is 323 g/mol. The Morgan fingerprint density at radius 2 is 1.44 bits per heavy atom. The molecule has 0 bridgehead atoms. The van der Waals surface area contributed by atoms with Gasteiger partial charge in [0.1, 0.15) is 12.4 Å². The molecule has 1 fully saturated rings. The van der Waals surface area contributed by atoms with Gasteiger partial charge in [0.2, 0.25) is 0 Å². The van der Waals surface area contributed by atoms with Gasteiger partial charge in [-0.05, 0) is 56.2 Å². The molecule has 1 nitrogen and oxygen atoms in total. The van der Waals surface area contributed by atoms with Crippen molar-refractivity contribution in [1.82, 2.24) is 0 Å². The van der Waals surface area contributed by atoms with E-state index in [9.17, 15) is 0 Å². The van der Waals surface area contributed by atoms with E-state index in [1.807, 2.05) is 0 Å². The molecule has 2 aromatic rings. The van der Waals surface area contributed by atoms with Gasteiger partial charge in [-0.2, -0.15) is 0 Å². The smallest absolute Gasteiger partial charge is 0.125 e. The molecule has 25 heavy (non-hydrogen) atoms. The monoisotopic (exact) mass is 355 g/mol. The van der Waals surface area contributed by atoms with Gasteiger partial charge in [-0.3, -0.25) is 0 Å². The third-order valence-corrected chi connectivity index (χ3v) is 10.3. The van der Waals surface area contributed by atoms with Gasteiger partial charge in [-0.15, -0.1) is 0 Å². The van der Waals surface area contributed by atoms with Crippen LogP contribution in [0.25, 0.3) is 0 Å². The van der Waals surface area contributed by atoms with Crippen LogP contribution in [-0.4, -0.2) is 25.1 Å². The zero-order chi connectivity index (χ0) is 17.5. The summed E-state index contributed by atoms with van der Waals surface area (Å²) in [6, 6.07) is 17.6. The van der Waals surface area contributed by atoms with Gasteiger partial charge in [0.15, 0.2) is 0 Å². The van der Waals surface area contributed by atoms with Gasteiger partial charge in [-0.1, -0.05) is 48.5 Å². The van der Waals surface area contributed by atoms with E-state index in [-0.39, 0.29) is 0 Å². The van der Waals surface area contributed by atoms with Gasteiger partial charge in [0.05, 0.1) is 24.6 Å². The maximum Gasteiger partial charge on any atom is 0.125 e. The van der Waals surface area contributed by atoms with Gasteiger partial charge in [0.25, 0.3) is 0 Å². The largest absolute Gasteiger partial charge is 0.489 e. The summed E-state index contributed by atoms with van der Waals surface area (Å²) in [5.41, 5.74) is 4.05. The lowest BCUT2D eigenvalue weighted by atomic mass is 10.1. The topological polar surface area (TPSA) is 9.23 Å². The first-order chi connectivity index (χ1) is 12.2. The molecule has 1 saturated heterocycles. The fourth-order valence-corrected chi connectivity index (χ4v) is 8.56. The molecule has 0 spiro atoms. The van der Waals surface area contributed by atoms with Gasteiger partial charge >= 0.3 is 0 Å². The molecule has 0 aliphatic carbocycles. The summed E-state index contributed by atoms with van der Waals surface area (Å²) in [6.07, 6.45) is 11.2. The summed E-state index contributed by atoms with van der Waals surface area (Å²) in [6.45, 7) is 5.19. The fraction of sp³-hybridized carbons (Fsp3) is 0.478. The van der Waals surface area contributed by atoms with E-state index in [0.29, 0.717) is 0 Å². The lowest BCUT2D eigenvalue weighted by Crippen LogP contribution is -2.15. The normalized spacial score (nSPS) is 17.0. The zero-order valence-corrected chi connectivity index (χ0v) is 16.7. The van der Waals surface area contributed by atoms with Crippen LogP contribution in [0, 0.1) is 13.8 Å². The van der Waals surface area contributed by atoms with Gasteiger partial charge in [-0.25, -0.2) is 0 Å². The average molecular weight is 355 g/mol. The molecule has 1 heterocycles. The Morgan fingerprint density at radius 1 is 0.800 bits per heavy atom. The second-order valence-electron chi connectivity index (χ2n) is 7.64. The highest BCUT2D eigenvalue weighted by atomic mass is 31.2. The van der Waals surface area contributed by atoms with Crippen molar-refractivity contribution < 1.29 is 4.74 Å². The van der Waals surface area contributed by atoms with E-state index < -0.39 is 7.26 Å². The molecule has 3 rings (SSSR count). The van der Waals surface area contributed by atoms with Crippen LogP contribution in [0.15, 0.2) is 48.5 Å². The molecule has 0 amide bonds. The highest BCUT2D eigenvalue weighted by molar-refractivity contribution is 7.75. The van der Waals surface area contributed by atoms with Crippen molar-refractivity contribution in [2.75, 3.05) is 25.1 Å². The first-order valence-corrected chi connectivity index (χ1v) is 12.3. The number of benzene rings is 2. The Bertz CT molecular complexity index is 637. The molecule has 0 aromatic heterocycles. The Labute approximate surface area is 154 Å². The SMILES string of the molecule is Cc1cccc(C)c1OCC[P+]1(Cc2ccccc2)CCCCCC1. The molecule has 0 atom stereocenters. The Hall–Kier alpha value is -1.33.